The van der Waals surface area contributed by atoms with Crippen LogP contribution in [-0.4, -0.2) is 42.5 Å². The summed E-state index contributed by atoms with van der Waals surface area (Å²) >= 11 is 0. The first kappa shape index (κ1) is 13.8. The summed E-state index contributed by atoms with van der Waals surface area (Å²) < 4.78 is 0. The first-order chi connectivity index (χ1) is 8.66. The van der Waals surface area contributed by atoms with Crippen molar-refractivity contribution in [3.05, 3.63) is 0 Å². The molecule has 2 atom stereocenters. The van der Waals surface area contributed by atoms with E-state index in [-0.39, 0.29) is 11.9 Å². The van der Waals surface area contributed by atoms with Gasteiger partial charge in [-0.2, -0.15) is 0 Å². The standard InChI is InChI=1S/C14H27N3O/c1-17(13-9-5-4-8-12(13)15)10-14(18)16-11-6-2-3-7-11/h11-13H,2-10,15H2,1H3,(H,16,18). The minimum Gasteiger partial charge on any atom is -0.352 e. The predicted octanol–water partition coefficient (Wildman–Crippen LogP) is 1.25. The molecule has 0 aromatic carbocycles. The van der Waals surface area contributed by atoms with Crippen molar-refractivity contribution < 1.29 is 4.79 Å². The maximum Gasteiger partial charge on any atom is 0.234 e. The highest BCUT2D eigenvalue weighted by Gasteiger charge is 2.27. The number of carbonyl (C=O) groups excluding carboxylic acids is 1. The lowest BCUT2D eigenvalue weighted by Gasteiger charge is -2.35. The van der Waals surface area contributed by atoms with Gasteiger partial charge in [0.2, 0.25) is 5.91 Å². The maximum absolute atomic E-state index is 12.0. The molecule has 104 valence electrons. The number of carbonyl (C=O) groups is 1. The lowest BCUT2D eigenvalue weighted by atomic mass is 9.90. The Morgan fingerprint density at radius 3 is 2.44 bits per heavy atom. The number of hydrogen-bond donors (Lipinski definition) is 2. The van der Waals surface area contributed by atoms with Crippen LogP contribution in [0.1, 0.15) is 51.4 Å². The van der Waals surface area contributed by atoms with Gasteiger partial charge in [0.15, 0.2) is 0 Å². The van der Waals surface area contributed by atoms with E-state index in [2.05, 4.69) is 10.2 Å². The molecule has 0 aromatic rings. The third-order valence-corrected chi connectivity index (χ3v) is 4.46. The van der Waals surface area contributed by atoms with Crippen LogP contribution in [-0.2, 0) is 4.79 Å². The highest BCUT2D eigenvalue weighted by molar-refractivity contribution is 5.78. The van der Waals surface area contributed by atoms with Gasteiger partial charge < -0.3 is 11.1 Å². The van der Waals surface area contributed by atoms with Gasteiger partial charge in [0, 0.05) is 18.1 Å². The smallest absolute Gasteiger partial charge is 0.234 e. The van der Waals surface area contributed by atoms with Crippen molar-refractivity contribution in [1.82, 2.24) is 10.2 Å². The molecular weight excluding hydrogens is 226 g/mol. The van der Waals surface area contributed by atoms with Gasteiger partial charge in [-0.3, -0.25) is 9.69 Å². The van der Waals surface area contributed by atoms with E-state index in [1.54, 1.807) is 0 Å². The molecule has 2 unspecified atom stereocenters. The Labute approximate surface area is 110 Å². The highest BCUT2D eigenvalue weighted by Crippen LogP contribution is 2.21. The molecule has 2 fully saturated rings. The van der Waals surface area contributed by atoms with E-state index < -0.39 is 0 Å². The molecule has 2 aliphatic carbocycles. The summed E-state index contributed by atoms with van der Waals surface area (Å²) in [4.78, 5) is 14.1. The largest absolute Gasteiger partial charge is 0.352 e. The molecule has 0 radical (unpaired) electrons. The monoisotopic (exact) mass is 253 g/mol. The van der Waals surface area contributed by atoms with E-state index in [0.717, 1.165) is 25.7 Å². The Morgan fingerprint density at radius 1 is 1.17 bits per heavy atom. The first-order valence-corrected chi connectivity index (χ1v) is 7.42. The van der Waals surface area contributed by atoms with Gasteiger partial charge >= 0.3 is 0 Å². The van der Waals surface area contributed by atoms with E-state index in [1.165, 1.54) is 25.7 Å². The lowest BCUT2D eigenvalue weighted by Crippen LogP contribution is -2.51. The number of rotatable bonds is 4. The minimum atomic E-state index is 0.169. The molecule has 0 bridgehead atoms. The highest BCUT2D eigenvalue weighted by atomic mass is 16.2. The Morgan fingerprint density at radius 2 is 1.78 bits per heavy atom. The topological polar surface area (TPSA) is 58.4 Å². The maximum atomic E-state index is 12.0. The van der Waals surface area contributed by atoms with Gasteiger partial charge in [-0.05, 0) is 32.7 Å². The van der Waals surface area contributed by atoms with Crippen molar-refractivity contribution in [3.8, 4) is 0 Å². The van der Waals surface area contributed by atoms with Gasteiger partial charge in [-0.1, -0.05) is 25.7 Å². The van der Waals surface area contributed by atoms with Crippen molar-refractivity contribution in [3.63, 3.8) is 0 Å². The SMILES string of the molecule is CN(CC(=O)NC1CCCC1)C1CCCCC1N. The Bertz CT molecular complexity index is 276. The summed E-state index contributed by atoms with van der Waals surface area (Å²) in [6.07, 6.45) is 9.53. The van der Waals surface area contributed by atoms with Gasteiger partial charge in [0.25, 0.3) is 0 Å². The fourth-order valence-electron chi connectivity index (χ4n) is 3.37. The zero-order valence-corrected chi connectivity index (χ0v) is 11.5. The van der Waals surface area contributed by atoms with Crippen LogP contribution in [0.5, 0.6) is 0 Å². The molecule has 3 N–H and O–H groups in total. The summed E-state index contributed by atoms with van der Waals surface area (Å²) in [5, 5.41) is 3.14. The van der Waals surface area contributed by atoms with Crippen LogP contribution in [0.2, 0.25) is 0 Å². The number of amides is 1. The molecule has 2 rings (SSSR count). The minimum absolute atomic E-state index is 0.169. The third kappa shape index (κ3) is 3.69. The van der Waals surface area contributed by atoms with Gasteiger partial charge in [-0.15, -0.1) is 0 Å². The third-order valence-electron chi connectivity index (χ3n) is 4.46. The van der Waals surface area contributed by atoms with Gasteiger partial charge in [0.1, 0.15) is 0 Å². The predicted molar refractivity (Wildman–Crippen MR) is 73.3 cm³/mol. The van der Waals surface area contributed by atoms with Crippen molar-refractivity contribution >= 4 is 5.91 Å². The van der Waals surface area contributed by atoms with Crippen molar-refractivity contribution in [1.29, 1.82) is 0 Å². The number of hydrogen-bond acceptors (Lipinski definition) is 3. The second-order valence-corrected chi connectivity index (χ2v) is 5.98. The quantitative estimate of drug-likeness (QED) is 0.792. The summed E-state index contributed by atoms with van der Waals surface area (Å²) in [6, 6.07) is 1.04. The first-order valence-electron chi connectivity index (χ1n) is 7.42. The van der Waals surface area contributed by atoms with E-state index in [0.29, 0.717) is 18.6 Å². The fourth-order valence-corrected chi connectivity index (χ4v) is 3.37. The Balaban J connectivity index is 1.75. The van der Waals surface area contributed by atoms with Gasteiger partial charge in [-0.25, -0.2) is 0 Å². The summed E-state index contributed by atoms with van der Waals surface area (Å²) in [6.45, 7) is 0.495. The van der Waals surface area contributed by atoms with Crippen LogP contribution < -0.4 is 11.1 Å². The normalized spacial score (nSPS) is 29.7. The average molecular weight is 253 g/mol. The fraction of sp³-hybridized carbons (Fsp3) is 0.929. The summed E-state index contributed by atoms with van der Waals surface area (Å²) in [5.41, 5.74) is 6.15. The zero-order chi connectivity index (χ0) is 13.0. The van der Waals surface area contributed by atoms with Crippen LogP contribution in [0.25, 0.3) is 0 Å². The second-order valence-electron chi connectivity index (χ2n) is 5.98. The summed E-state index contributed by atoms with van der Waals surface area (Å²) in [5.74, 6) is 0.169. The van der Waals surface area contributed by atoms with Crippen LogP contribution in [0.15, 0.2) is 0 Å². The lowest BCUT2D eigenvalue weighted by molar-refractivity contribution is -0.123. The number of likely N-dealkylation sites (N-methyl/N-ethyl adjacent to an activating group) is 1. The molecule has 0 heterocycles. The Kier molecular flexibility index (Phi) is 5.01. The zero-order valence-electron chi connectivity index (χ0n) is 11.5. The van der Waals surface area contributed by atoms with Crippen LogP contribution in [0.4, 0.5) is 0 Å². The molecule has 2 saturated carbocycles. The number of nitrogens with two attached hydrogens (primary N) is 1. The van der Waals surface area contributed by atoms with E-state index in [9.17, 15) is 4.79 Å². The molecule has 0 spiro atoms. The molecule has 0 aromatic heterocycles. The van der Waals surface area contributed by atoms with E-state index in [1.807, 2.05) is 7.05 Å². The number of nitrogens with zero attached hydrogens (tertiary/aromatic N) is 1. The van der Waals surface area contributed by atoms with Crippen LogP contribution in [0.3, 0.4) is 0 Å². The van der Waals surface area contributed by atoms with Crippen molar-refractivity contribution in [2.24, 2.45) is 5.73 Å². The van der Waals surface area contributed by atoms with Crippen LogP contribution >= 0.6 is 0 Å². The molecule has 4 nitrogen and oxygen atoms in total. The van der Waals surface area contributed by atoms with E-state index in [4.69, 9.17) is 5.73 Å². The molecule has 1 amide bonds. The van der Waals surface area contributed by atoms with Gasteiger partial charge in [0.05, 0.1) is 6.54 Å². The average Bonchev–Trinajstić information content (AvgIpc) is 2.82. The van der Waals surface area contributed by atoms with Crippen molar-refractivity contribution in [2.75, 3.05) is 13.6 Å². The molecular formula is C14H27N3O. The summed E-state index contributed by atoms with van der Waals surface area (Å²) in [7, 11) is 2.03. The molecule has 0 saturated heterocycles. The van der Waals surface area contributed by atoms with E-state index >= 15 is 0 Å². The molecule has 4 heteroatoms. The second kappa shape index (κ2) is 6.53. The van der Waals surface area contributed by atoms with Crippen molar-refractivity contribution in [2.45, 2.75) is 69.5 Å². The molecule has 18 heavy (non-hydrogen) atoms. The number of nitrogens with one attached hydrogen (secondary N) is 1. The Hall–Kier alpha value is -0.610. The van der Waals surface area contributed by atoms with Crippen LogP contribution in [0, 0.1) is 0 Å². The molecule has 0 aliphatic heterocycles. The molecule has 2 aliphatic rings.